The van der Waals surface area contributed by atoms with Gasteiger partial charge in [0.2, 0.25) is 5.95 Å². The average molecular weight is 278 g/mol. The molecule has 0 amide bonds. The minimum Gasteiger partial charge on any atom is -0.340 e. The Morgan fingerprint density at radius 3 is 3.00 bits per heavy atom. The second kappa shape index (κ2) is 5.66. The maximum Gasteiger partial charge on any atom is 0.245 e. The van der Waals surface area contributed by atoms with Crippen molar-refractivity contribution in [3.05, 3.63) is 11.7 Å². The van der Waals surface area contributed by atoms with Crippen LogP contribution in [0.4, 0.5) is 5.95 Å². The summed E-state index contributed by atoms with van der Waals surface area (Å²) in [6, 6.07) is 0. The Kier molecular flexibility index (Phi) is 3.74. The van der Waals surface area contributed by atoms with E-state index in [0.29, 0.717) is 0 Å². The lowest BCUT2D eigenvalue weighted by Gasteiger charge is -2.30. The molecule has 19 heavy (non-hydrogen) atoms. The molecular weight excluding hydrogens is 260 g/mol. The molecule has 0 unspecified atom stereocenters. The number of H-pyrrole nitrogens is 1. The predicted octanol–water partition coefficient (Wildman–Crippen LogP) is 1.36. The van der Waals surface area contributed by atoms with Gasteiger partial charge in [-0.25, -0.2) is 0 Å². The smallest absolute Gasteiger partial charge is 0.245 e. The number of anilines is 1. The Bertz CT molecular complexity index is 500. The van der Waals surface area contributed by atoms with E-state index in [1.165, 1.54) is 12.8 Å². The SMILES string of the molecule is CNCC1CCN(c2n[nH]c(-c3cncs3)n2)CC1. The molecule has 0 saturated carbocycles. The molecule has 1 aliphatic rings. The van der Waals surface area contributed by atoms with Crippen LogP contribution in [0, 0.1) is 5.92 Å². The van der Waals surface area contributed by atoms with Gasteiger partial charge in [-0.3, -0.25) is 10.1 Å². The standard InChI is InChI=1S/C12H18N6S/c1-13-6-9-2-4-18(5-3-9)12-15-11(16-17-12)10-7-14-8-19-10/h7-9,13H,2-6H2,1H3,(H,15,16,17). The fraction of sp³-hybridized carbons (Fsp3) is 0.583. The van der Waals surface area contributed by atoms with Crippen molar-refractivity contribution in [1.82, 2.24) is 25.5 Å². The molecule has 2 aromatic heterocycles. The molecule has 3 rings (SSSR count). The van der Waals surface area contributed by atoms with Crippen LogP contribution in [-0.4, -0.2) is 46.8 Å². The number of piperidine rings is 1. The van der Waals surface area contributed by atoms with Crippen molar-refractivity contribution >= 4 is 17.3 Å². The number of aromatic nitrogens is 4. The van der Waals surface area contributed by atoms with E-state index in [4.69, 9.17) is 0 Å². The Morgan fingerprint density at radius 1 is 1.47 bits per heavy atom. The van der Waals surface area contributed by atoms with Gasteiger partial charge in [0.15, 0.2) is 5.82 Å². The Hall–Kier alpha value is -1.47. The third-order valence-corrected chi connectivity index (χ3v) is 4.31. The van der Waals surface area contributed by atoms with E-state index in [0.717, 1.165) is 42.2 Å². The fourth-order valence-corrected chi connectivity index (χ4v) is 3.02. The van der Waals surface area contributed by atoms with E-state index < -0.39 is 0 Å². The fourth-order valence-electron chi connectivity index (χ4n) is 2.46. The Balaban J connectivity index is 1.64. The number of thiazole rings is 1. The van der Waals surface area contributed by atoms with Crippen molar-refractivity contribution in [2.24, 2.45) is 5.92 Å². The zero-order chi connectivity index (χ0) is 13.1. The second-order valence-electron chi connectivity index (χ2n) is 4.84. The first kappa shape index (κ1) is 12.6. The normalized spacial score (nSPS) is 17.0. The molecule has 2 aromatic rings. The Morgan fingerprint density at radius 2 is 2.32 bits per heavy atom. The van der Waals surface area contributed by atoms with Crippen LogP contribution in [0.5, 0.6) is 0 Å². The summed E-state index contributed by atoms with van der Waals surface area (Å²) in [5.74, 6) is 2.40. The van der Waals surface area contributed by atoms with E-state index in [-0.39, 0.29) is 0 Å². The molecule has 1 fully saturated rings. The summed E-state index contributed by atoms with van der Waals surface area (Å²) in [7, 11) is 2.02. The average Bonchev–Trinajstić information content (AvgIpc) is 3.11. The van der Waals surface area contributed by atoms with Crippen molar-refractivity contribution in [3.8, 4) is 10.7 Å². The van der Waals surface area contributed by atoms with Crippen LogP contribution in [0.25, 0.3) is 10.7 Å². The van der Waals surface area contributed by atoms with Crippen molar-refractivity contribution in [1.29, 1.82) is 0 Å². The molecular formula is C12H18N6S. The highest BCUT2D eigenvalue weighted by atomic mass is 32.1. The summed E-state index contributed by atoms with van der Waals surface area (Å²) >= 11 is 1.57. The summed E-state index contributed by atoms with van der Waals surface area (Å²) < 4.78 is 0. The first-order valence-electron chi connectivity index (χ1n) is 6.57. The van der Waals surface area contributed by atoms with Crippen molar-refractivity contribution in [2.45, 2.75) is 12.8 Å². The second-order valence-corrected chi connectivity index (χ2v) is 5.72. The molecule has 0 bridgehead atoms. The molecule has 102 valence electrons. The zero-order valence-electron chi connectivity index (χ0n) is 11.0. The zero-order valence-corrected chi connectivity index (χ0v) is 11.8. The lowest BCUT2D eigenvalue weighted by Crippen LogP contribution is -2.37. The van der Waals surface area contributed by atoms with Gasteiger partial charge in [0.25, 0.3) is 0 Å². The van der Waals surface area contributed by atoms with Gasteiger partial charge in [-0.15, -0.1) is 16.4 Å². The molecule has 2 N–H and O–H groups in total. The van der Waals surface area contributed by atoms with Gasteiger partial charge in [-0.05, 0) is 32.4 Å². The molecule has 0 spiro atoms. The lowest BCUT2D eigenvalue weighted by molar-refractivity contribution is 0.391. The molecule has 0 atom stereocenters. The summed E-state index contributed by atoms with van der Waals surface area (Å²) in [5, 5.41) is 10.6. The van der Waals surface area contributed by atoms with Crippen molar-refractivity contribution in [3.63, 3.8) is 0 Å². The van der Waals surface area contributed by atoms with Gasteiger partial charge in [0.1, 0.15) is 0 Å². The molecule has 1 aliphatic heterocycles. The maximum atomic E-state index is 4.56. The third kappa shape index (κ3) is 2.76. The first-order chi connectivity index (χ1) is 9.36. The van der Waals surface area contributed by atoms with E-state index in [2.05, 4.69) is 30.4 Å². The topological polar surface area (TPSA) is 69.7 Å². The van der Waals surface area contributed by atoms with Gasteiger partial charge in [0, 0.05) is 19.3 Å². The van der Waals surface area contributed by atoms with E-state index in [1.54, 1.807) is 16.8 Å². The quantitative estimate of drug-likeness (QED) is 0.884. The minimum atomic E-state index is 0.779. The molecule has 7 heteroatoms. The third-order valence-electron chi connectivity index (χ3n) is 3.53. The first-order valence-corrected chi connectivity index (χ1v) is 7.45. The number of hydrogen-bond donors (Lipinski definition) is 2. The van der Waals surface area contributed by atoms with E-state index in [9.17, 15) is 0 Å². The minimum absolute atomic E-state index is 0.779. The van der Waals surface area contributed by atoms with Crippen LogP contribution >= 0.6 is 11.3 Å². The molecule has 0 radical (unpaired) electrons. The van der Waals surface area contributed by atoms with Gasteiger partial charge in [0.05, 0.1) is 10.4 Å². The number of nitrogens with zero attached hydrogens (tertiary/aromatic N) is 4. The monoisotopic (exact) mass is 278 g/mol. The maximum absolute atomic E-state index is 4.56. The molecule has 3 heterocycles. The lowest BCUT2D eigenvalue weighted by atomic mass is 9.97. The number of hydrogen-bond acceptors (Lipinski definition) is 6. The van der Waals surface area contributed by atoms with Crippen LogP contribution in [0.15, 0.2) is 11.7 Å². The molecule has 0 aliphatic carbocycles. The van der Waals surface area contributed by atoms with Crippen LogP contribution < -0.4 is 10.2 Å². The van der Waals surface area contributed by atoms with Gasteiger partial charge < -0.3 is 10.2 Å². The van der Waals surface area contributed by atoms with E-state index in [1.807, 2.05) is 13.2 Å². The number of rotatable bonds is 4. The van der Waals surface area contributed by atoms with Crippen LogP contribution in [-0.2, 0) is 0 Å². The van der Waals surface area contributed by atoms with Crippen LogP contribution in [0.1, 0.15) is 12.8 Å². The van der Waals surface area contributed by atoms with Crippen LogP contribution in [0.2, 0.25) is 0 Å². The number of aromatic amines is 1. The highest BCUT2D eigenvalue weighted by Crippen LogP contribution is 2.24. The summed E-state index contributed by atoms with van der Waals surface area (Å²) in [5.41, 5.74) is 1.81. The Labute approximate surface area is 116 Å². The highest BCUT2D eigenvalue weighted by molar-refractivity contribution is 7.13. The highest BCUT2D eigenvalue weighted by Gasteiger charge is 2.21. The van der Waals surface area contributed by atoms with Gasteiger partial charge in [-0.2, -0.15) is 4.98 Å². The predicted molar refractivity (Wildman–Crippen MR) is 76.4 cm³/mol. The largest absolute Gasteiger partial charge is 0.340 e. The number of nitrogens with one attached hydrogen (secondary N) is 2. The van der Waals surface area contributed by atoms with Crippen LogP contribution in [0.3, 0.4) is 0 Å². The van der Waals surface area contributed by atoms with Gasteiger partial charge in [-0.1, -0.05) is 0 Å². The van der Waals surface area contributed by atoms with Crippen molar-refractivity contribution < 1.29 is 0 Å². The summed E-state index contributed by atoms with van der Waals surface area (Å²) in [4.78, 5) is 11.9. The summed E-state index contributed by atoms with van der Waals surface area (Å²) in [6.07, 6.45) is 4.21. The molecule has 1 saturated heterocycles. The van der Waals surface area contributed by atoms with Crippen molar-refractivity contribution in [2.75, 3.05) is 31.6 Å². The molecule has 6 nitrogen and oxygen atoms in total. The summed E-state index contributed by atoms with van der Waals surface area (Å²) in [6.45, 7) is 3.17. The van der Waals surface area contributed by atoms with Gasteiger partial charge >= 0.3 is 0 Å². The van der Waals surface area contributed by atoms with E-state index >= 15 is 0 Å². The molecule has 0 aromatic carbocycles.